The van der Waals surface area contributed by atoms with Crippen molar-refractivity contribution in [3.63, 3.8) is 0 Å². The lowest BCUT2D eigenvalue weighted by Crippen LogP contribution is -2.41. The van der Waals surface area contributed by atoms with Gasteiger partial charge in [-0.05, 0) is 63.5 Å². The van der Waals surface area contributed by atoms with Crippen LogP contribution in [0.2, 0.25) is 0 Å². The van der Waals surface area contributed by atoms with Gasteiger partial charge in [0.1, 0.15) is 0 Å². The average Bonchev–Trinajstić information content (AvgIpc) is 3.11. The van der Waals surface area contributed by atoms with Gasteiger partial charge in [-0.3, -0.25) is 9.48 Å². The molecule has 1 atom stereocenters. The third kappa shape index (κ3) is 7.32. The number of piperidine rings is 1. The number of ether oxygens (including phenoxy) is 2. The number of likely N-dealkylation sites (tertiary alicyclic amines) is 1. The number of hydrogen-bond donors (Lipinski definition) is 2. The number of hydrogen-bond acceptors (Lipinski definition) is 7. The summed E-state index contributed by atoms with van der Waals surface area (Å²) in [7, 11) is 1.43. The zero-order valence-electron chi connectivity index (χ0n) is 19.4. The minimum Gasteiger partial charge on any atom is -0.469 e. The number of nitrogens with one attached hydrogen (secondary N) is 1. The van der Waals surface area contributed by atoms with Gasteiger partial charge in [0.2, 0.25) is 0 Å². The number of aliphatic hydroxyl groups excluding tert-OH is 1. The number of aromatic nitrogens is 2. The molecule has 1 aromatic carbocycles. The monoisotopic (exact) mass is 444 g/mol. The molecule has 1 aromatic heterocycles. The molecule has 0 aliphatic carbocycles. The van der Waals surface area contributed by atoms with Crippen LogP contribution in [0.5, 0.6) is 0 Å². The van der Waals surface area contributed by atoms with Crippen LogP contribution in [0.1, 0.15) is 29.8 Å². The second-order valence-corrected chi connectivity index (χ2v) is 8.54. The molecule has 1 saturated heterocycles. The van der Waals surface area contributed by atoms with Crippen molar-refractivity contribution < 1.29 is 19.4 Å². The fourth-order valence-electron chi connectivity index (χ4n) is 4.11. The summed E-state index contributed by atoms with van der Waals surface area (Å²) in [5, 5.41) is 18.2. The number of anilines is 1. The lowest BCUT2D eigenvalue weighted by atomic mass is 9.97. The standard InChI is InChI=1S/C24H36N4O4/c1-18-14-19(2)28(26-18)13-10-25-22-6-4-20(5-7-22)16-32-17-23(29)15-27-11-8-21(9-12-27)24(30)31-3/h4-7,14,21,23,25,29H,8-13,15-17H2,1-3H3. The van der Waals surface area contributed by atoms with Crippen molar-refractivity contribution in [1.29, 1.82) is 0 Å². The summed E-state index contributed by atoms with van der Waals surface area (Å²) in [4.78, 5) is 13.8. The van der Waals surface area contributed by atoms with Crippen molar-refractivity contribution in [1.82, 2.24) is 14.7 Å². The maximum absolute atomic E-state index is 11.6. The van der Waals surface area contributed by atoms with Gasteiger partial charge in [0.05, 0.1) is 44.6 Å². The Morgan fingerprint density at radius 2 is 1.97 bits per heavy atom. The van der Waals surface area contributed by atoms with E-state index in [-0.39, 0.29) is 11.9 Å². The topological polar surface area (TPSA) is 88.9 Å². The molecule has 1 fully saturated rings. The van der Waals surface area contributed by atoms with Crippen LogP contribution in [0.25, 0.3) is 0 Å². The normalized spacial score (nSPS) is 16.1. The summed E-state index contributed by atoms with van der Waals surface area (Å²) >= 11 is 0. The molecule has 0 spiro atoms. The summed E-state index contributed by atoms with van der Waals surface area (Å²) in [6.45, 7) is 8.61. The number of β-amino-alcohol motifs (C(OH)–C–C–N with tert-alkyl or cyclic N) is 1. The summed E-state index contributed by atoms with van der Waals surface area (Å²) in [6.07, 6.45) is 1.02. The number of rotatable bonds is 11. The Bertz CT molecular complexity index is 844. The number of carbonyl (C=O) groups is 1. The SMILES string of the molecule is COC(=O)C1CCN(CC(O)COCc2ccc(NCCn3nc(C)cc3C)cc2)CC1. The first-order valence-corrected chi connectivity index (χ1v) is 11.3. The molecule has 1 aliphatic heterocycles. The maximum Gasteiger partial charge on any atom is 0.308 e. The van der Waals surface area contributed by atoms with Crippen LogP contribution in [-0.2, 0) is 27.4 Å². The Morgan fingerprint density at radius 3 is 2.59 bits per heavy atom. The lowest BCUT2D eigenvalue weighted by Gasteiger charge is -2.31. The predicted molar refractivity (Wildman–Crippen MR) is 123 cm³/mol. The molecule has 176 valence electrons. The van der Waals surface area contributed by atoms with Crippen LogP contribution >= 0.6 is 0 Å². The number of carbonyl (C=O) groups excluding carboxylic acids is 1. The number of methoxy groups -OCH3 is 1. The van der Waals surface area contributed by atoms with Gasteiger partial charge < -0.3 is 24.8 Å². The largest absolute Gasteiger partial charge is 0.469 e. The average molecular weight is 445 g/mol. The van der Waals surface area contributed by atoms with Crippen LogP contribution in [0.3, 0.4) is 0 Å². The third-order valence-corrected chi connectivity index (χ3v) is 5.88. The molecule has 0 bridgehead atoms. The molecular weight excluding hydrogens is 408 g/mol. The Morgan fingerprint density at radius 1 is 1.25 bits per heavy atom. The van der Waals surface area contributed by atoms with Gasteiger partial charge in [0, 0.05) is 24.5 Å². The van der Waals surface area contributed by atoms with Gasteiger partial charge in [-0.2, -0.15) is 5.10 Å². The molecule has 32 heavy (non-hydrogen) atoms. The molecule has 1 aliphatic rings. The number of benzene rings is 1. The molecule has 0 radical (unpaired) electrons. The minimum absolute atomic E-state index is 0.0130. The van der Waals surface area contributed by atoms with E-state index in [2.05, 4.69) is 28.3 Å². The first-order chi connectivity index (χ1) is 15.4. The Kier molecular flexibility index (Phi) is 9.08. The summed E-state index contributed by atoms with van der Waals surface area (Å²) in [5.74, 6) is -0.140. The van der Waals surface area contributed by atoms with E-state index in [9.17, 15) is 9.90 Å². The van der Waals surface area contributed by atoms with E-state index in [1.54, 1.807) is 0 Å². The highest BCUT2D eigenvalue weighted by Crippen LogP contribution is 2.18. The summed E-state index contributed by atoms with van der Waals surface area (Å²) < 4.78 is 12.5. The van der Waals surface area contributed by atoms with Crippen molar-refractivity contribution in [2.24, 2.45) is 5.92 Å². The highest BCUT2D eigenvalue weighted by atomic mass is 16.5. The zero-order chi connectivity index (χ0) is 22.9. The van der Waals surface area contributed by atoms with Gasteiger partial charge in [-0.15, -0.1) is 0 Å². The summed E-state index contributed by atoms with van der Waals surface area (Å²) in [6, 6.07) is 10.2. The highest BCUT2D eigenvalue weighted by molar-refractivity contribution is 5.72. The molecule has 2 N–H and O–H groups in total. The molecule has 1 unspecified atom stereocenters. The quantitative estimate of drug-likeness (QED) is 0.515. The summed E-state index contributed by atoms with van der Waals surface area (Å²) in [5.41, 5.74) is 4.34. The molecule has 2 heterocycles. The molecule has 2 aromatic rings. The predicted octanol–water partition coefficient (Wildman–Crippen LogP) is 2.37. The Balaban J connectivity index is 1.30. The first-order valence-electron chi connectivity index (χ1n) is 11.3. The number of aryl methyl sites for hydroxylation is 2. The molecule has 3 rings (SSSR count). The van der Waals surface area contributed by atoms with Crippen molar-refractivity contribution in [3.05, 3.63) is 47.3 Å². The molecule has 8 nitrogen and oxygen atoms in total. The van der Waals surface area contributed by atoms with Crippen molar-refractivity contribution in [2.75, 3.05) is 45.2 Å². The molecular formula is C24H36N4O4. The number of nitrogens with zero attached hydrogens (tertiary/aromatic N) is 3. The smallest absolute Gasteiger partial charge is 0.308 e. The number of aliphatic hydroxyl groups is 1. The number of esters is 1. The lowest BCUT2D eigenvalue weighted by molar-refractivity contribution is -0.147. The van der Waals surface area contributed by atoms with E-state index in [1.807, 2.05) is 35.9 Å². The van der Waals surface area contributed by atoms with Crippen molar-refractivity contribution >= 4 is 11.7 Å². The van der Waals surface area contributed by atoms with E-state index in [4.69, 9.17) is 9.47 Å². The van der Waals surface area contributed by atoms with Gasteiger partial charge in [-0.25, -0.2) is 0 Å². The second-order valence-electron chi connectivity index (χ2n) is 8.54. The first kappa shape index (κ1) is 24.2. The van der Waals surface area contributed by atoms with E-state index < -0.39 is 6.10 Å². The Hall–Kier alpha value is -2.42. The highest BCUT2D eigenvalue weighted by Gasteiger charge is 2.26. The van der Waals surface area contributed by atoms with E-state index in [0.717, 1.165) is 56.0 Å². The van der Waals surface area contributed by atoms with Crippen LogP contribution in [0.4, 0.5) is 5.69 Å². The van der Waals surface area contributed by atoms with E-state index in [1.165, 1.54) is 12.8 Å². The van der Waals surface area contributed by atoms with E-state index >= 15 is 0 Å². The molecule has 0 saturated carbocycles. The van der Waals surface area contributed by atoms with Gasteiger partial charge in [0.15, 0.2) is 0 Å². The van der Waals surface area contributed by atoms with Crippen LogP contribution in [0.15, 0.2) is 30.3 Å². The van der Waals surface area contributed by atoms with E-state index in [0.29, 0.717) is 19.8 Å². The second kappa shape index (κ2) is 12.0. The Labute approximate surface area is 190 Å². The van der Waals surface area contributed by atoms with Crippen molar-refractivity contribution in [2.45, 2.75) is 45.9 Å². The fraction of sp³-hybridized carbons (Fsp3) is 0.583. The fourth-order valence-corrected chi connectivity index (χ4v) is 4.11. The van der Waals surface area contributed by atoms with Crippen LogP contribution in [-0.4, -0.2) is 71.8 Å². The van der Waals surface area contributed by atoms with Gasteiger partial charge >= 0.3 is 5.97 Å². The van der Waals surface area contributed by atoms with Crippen molar-refractivity contribution in [3.8, 4) is 0 Å². The van der Waals surface area contributed by atoms with Crippen LogP contribution in [0, 0.1) is 19.8 Å². The minimum atomic E-state index is -0.542. The van der Waals surface area contributed by atoms with Crippen LogP contribution < -0.4 is 5.32 Å². The molecule has 8 heteroatoms. The third-order valence-electron chi connectivity index (χ3n) is 5.88. The van der Waals surface area contributed by atoms with Gasteiger partial charge in [-0.1, -0.05) is 12.1 Å². The zero-order valence-corrected chi connectivity index (χ0v) is 19.4. The maximum atomic E-state index is 11.6. The van der Waals surface area contributed by atoms with Gasteiger partial charge in [0.25, 0.3) is 0 Å². The molecule has 0 amide bonds.